The first-order valence-electron chi connectivity index (χ1n) is 21.5. The maximum Gasteiger partial charge on any atom is 0.143 e. The van der Waals surface area contributed by atoms with E-state index in [2.05, 4.69) is 229 Å². The quantitative estimate of drug-likeness (QED) is 0.155. The summed E-state index contributed by atoms with van der Waals surface area (Å²) in [6.07, 6.45) is 0. The number of benzene rings is 11. The number of fused-ring (bicyclic) bond motifs is 11. The molecule has 63 heavy (non-hydrogen) atoms. The first-order valence-corrected chi connectivity index (χ1v) is 22.3. The van der Waals surface area contributed by atoms with E-state index in [4.69, 9.17) is 4.42 Å². The highest BCUT2D eigenvalue weighted by molar-refractivity contribution is 7.25. The molecule has 0 bridgehead atoms. The van der Waals surface area contributed by atoms with E-state index in [1.165, 1.54) is 69.5 Å². The van der Waals surface area contributed by atoms with E-state index in [0.29, 0.717) is 0 Å². The van der Waals surface area contributed by atoms with Gasteiger partial charge < -0.3 is 9.32 Å². The molecular weight excluding hydrogens is 783 g/mol. The van der Waals surface area contributed by atoms with Gasteiger partial charge in [0, 0.05) is 42.3 Å². The Balaban J connectivity index is 1.04. The van der Waals surface area contributed by atoms with Gasteiger partial charge in [-0.3, -0.25) is 0 Å². The summed E-state index contributed by atoms with van der Waals surface area (Å²) in [5.41, 5.74) is 12.2. The second-order valence-corrected chi connectivity index (χ2v) is 17.4. The highest BCUT2D eigenvalue weighted by Crippen LogP contribution is 2.48. The second kappa shape index (κ2) is 14.3. The van der Waals surface area contributed by atoms with Crippen LogP contribution < -0.4 is 4.90 Å². The summed E-state index contributed by atoms with van der Waals surface area (Å²) in [6, 6.07) is 81.8. The molecule has 0 saturated heterocycles. The molecule has 0 N–H and O–H groups in total. The molecule has 0 aliphatic heterocycles. The molecule has 0 amide bonds. The lowest BCUT2D eigenvalue weighted by molar-refractivity contribution is 0.672. The second-order valence-electron chi connectivity index (χ2n) is 16.4. The molecule has 294 valence electrons. The average molecular weight is 820 g/mol. The fourth-order valence-electron chi connectivity index (χ4n) is 10.0. The third kappa shape index (κ3) is 5.71. The third-order valence-electron chi connectivity index (χ3n) is 12.8. The number of nitrogens with zero attached hydrogens (tertiary/aromatic N) is 1. The van der Waals surface area contributed by atoms with Crippen molar-refractivity contribution >= 4 is 103 Å². The Hall–Kier alpha value is -7.98. The molecule has 11 aromatic carbocycles. The molecule has 0 saturated carbocycles. The zero-order chi connectivity index (χ0) is 41.4. The van der Waals surface area contributed by atoms with Crippen LogP contribution in [0.3, 0.4) is 0 Å². The van der Waals surface area contributed by atoms with Crippen molar-refractivity contribution in [3.8, 4) is 33.4 Å². The van der Waals surface area contributed by atoms with E-state index in [1.807, 2.05) is 11.3 Å². The molecule has 2 heterocycles. The van der Waals surface area contributed by atoms with Gasteiger partial charge in [0.25, 0.3) is 0 Å². The molecule has 13 aromatic rings. The standard InChI is InChI=1S/C60H37NOS/c1-2-15-40(16-3-1)57-50-23-8-6-20-46(50)47-21-7-9-24-51(47)58(57)42-17-12-18-44(36-42)61(53-25-13-26-54-59(53)52-35-30-39-14-4-5-19-45(39)60(52)62-54)43-32-28-38(29-33-43)41-31-34-49-48-22-10-11-27-55(48)63-56(49)37-41/h1-37H. The van der Waals surface area contributed by atoms with Crippen LogP contribution in [0.5, 0.6) is 0 Å². The summed E-state index contributed by atoms with van der Waals surface area (Å²) < 4.78 is 9.41. The lowest BCUT2D eigenvalue weighted by Crippen LogP contribution is -2.10. The van der Waals surface area contributed by atoms with Crippen LogP contribution in [0, 0.1) is 0 Å². The van der Waals surface area contributed by atoms with E-state index < -0.39 is 0 Å². The van der Waals surface area contributed by atoms with E-state index in [1.54, 1.807) is 0 Å². The molecule has 0 radical (unpaired) electrons. The zero-order valence-corrected chi connectivity index (χ0v) is 34.9. The summed E-state index contributed by atoms with van der Waals surface area (Å²) in [5, 5.41) is 12.1. The molecule has 0 atom stereocenters. The molecule has 0 unspecified atom stereocenters. The van der Waals surface area contributed by atoms with Crippen LogP contribution in [0.25, 0.3) is 108 Å². The van der Waals surface area contributed by atoms with Crippen molar-refractivity contribution in [1.82, 2.24) is 0 Å². The van der Waals surface area contributed by atoms with Crippen molar-refractivity contribution in [2.75, 3.05) is 4.90 Å². The normalized spacial score (nSPS) is 11.8. The minimum Gasteiger partial charge on any atom is -0.455 e. The van der Waals surface area contributed by atoms with Gasteiger partial charge in [-0.25, -0.2) is 0 Å². The summed E-state index contributed by atoms with van der Waals surface area (Å²) >= 11 is 1.86. The van der Waals surface area contributed by atoms with Crippen LogP contribution >= 0.6 is 11.3 Å². The van der Waals surface area contributed by atoms with Crippen LogP contribution in [0.2, 0.25) is 0 Å². The van der Waals surface area contributed by atoms with Crippen LogP contribution in [0.1, 0.15) is 0 Å². The topological polar surface area (TPSA) is 16.4 Å². The maximum atomic E-state index is 6.78. The van der Waals surface area contributed by atoms with Gasteiger partial charge in [0.1, 0.15) is 11.2 Å². The monoisotopic (exact) mass is 819 g/mol. The summed E-state index contributed by atoms with van der Waals surface area (Å²) in [7, 11) is 0. The number of furan rings is 1. The van der Waals surface area contributed by atoms with Gasteiger partial charge in [0.15, 0.2) is 0 Å². The molecule has 2 aromatic heterocycles. The summed E-state index contributed by atoms with van der Waals surface area (Å²) in [5.74, 6) is 0. The van der Waals surface area contributed by atoms with Crippen LogP contribution in [-0.4, -0.2) is 0 Å². The van der Waals surface area contributed by atoms with Gasteiger partial charge in [-0.2, -0.15) is 0 Å². The molecule has 3 heteroatoms. The third-order valence-corrected chi connectivity index (χ3v) is 14.0. The smallest absolute Gasteiger partial charge is 0.143 e. The molecule has 0 aliphatic rings. The summed E-state index contributed by atoms with van der Waals surface area (Å²) in [6.45, 7) is 0. The van der Waals surface area contributed by atoms with Crippen LogP contribution in [0.4, 0.5) is 17.1 Å². The first-order chi connectivity index (χ1) is 31.2. The molecule has 0 aliphatic carbocycles. The molecular formula is C60H37NOS. The van der Waals surface area contributed by atoms with Gasteiger partial charge in [-0.15, -0.1) is 11.3 Å². The van der Waals surface area contributed by atoms with E-state index in [0.717, 1.165) is 55.3 Å². The Kier molecular flexibility index (Phi) is 8.12. The number of rotatable bonds is 6. The van der Waals surface area contributed by atoms with E-state index in [-0.39, 0.29) is 0 Å². The fourth-order valence-corrected chi connectivity index (χ4v) is 11.1. The number of thiophene rings is 1. The summed E-state index contributed by atoms with van der Waals surface area (Å²) in [4.78, 5) is 2.42. The Bertz CT molecular complexity index is 3920. The number of hydrogen-bond donors (Lipinski definition) is 0. The van der Waals surface area contributed by atoms with Gasteiger partial charge in [0.05, 0.1) is 11.1 Å². The lowest BCUT2D eigenvalue weighted by atomic mass is 9.85. The average Bonchev–Trinajstić information content (AvgIpc) is 3.93. The lowest BCUT2D eigenvalue weighted by Gasteiger charge is -2.27. The minimum atomic E-state index is 0.861. The zero-order valence-electron chi connectivity index (χ0n) is 34.1. The Labute approximate surface area is 368 Å². The predicted octanol–water partition coefficient (Wildman–Crippen LogP) is 17.9. The molecule has 0 fully saturated rings. The van der Waals surface area contributed by atoms with Crippen molar-refractivity contribution in [2.24, 2.45) is 0 Å². The molecule has 13 rings (SSSR count). The van der Waals surface area contributed by atoms with Gasteiger partial charge in [0.2, 0.25) is 0 Å². The highest BCUT2D eigenvalue weighted by Gasteiger charge is 2.23. The van der Waals surface area contributed by atoms with Crippen LogP contribution in [0.15, 0.2) is 229 Å². The van der Waals surface area contributed by atoms with Crippen molar-refractivity contribution < 1.29 is 4.42 Å². The fraction of sp³-hybridized carbons (Fsp3) is 0. The Morgan fingerprint density at radius 2 is 0.937 bits per heavy atom. The van der Waals surface area contributed by atoms with E-state index in [9.17, 15) is 0 Å². The minimum absolute atomic E-state index is 0.861. The van der Waals surface area contributed by atoms with Crippen molar-refractivity contribution in [1.29, 1.82) is 0 Å². The van der Waals surface area contributed by atoms with Crippen molar-refractivity contribution in [3.63, 3.8) is 0 Å². The predicted molar refractivity (Wildman–Crippen MR) is 270 cm³/mol. The molecule has 0 spiro atoms. The van der Waals surface area contributed by atoms with Crippen molar-refractivity contribution in [2.45, 2.75) is 0 Å². The van der Waals surface area contributed by atoms with Gasteiger partial charge in [-0.05, 0) is 115 Å². The largest absolute Gasteiger partial charge is 0.455 e. The number of anilines is 3. The van der Waals surface area contributed by atoms with Gasteiger partial charge >= 0.3 is 0 Å². The van der Waals surface area contributed by atoms with Crippen molar-refractivity contribution in [3.05, 3.63) is 224 Å². The maximum absolute atomic E-state index is 6.78. The highest BCUT2D eigenvalue weighted by atomic mass is 32.1. The SMILES string of the molecule is c1ccc(-c2c(-c3cccc(N(c4ccc(-c5ccc6c(c5)sc5ccccc56)cc4)c4cccc5oc6c7ccccc7ccc6c45)c3)c3ccccc3c3ccccc23)cc1. The molecule has 2 nitrogen and oxygen atoms in total. The van der Waals surface area contributed by atoms with Crippen LogP contribution in [-0.2, 0) is 0 Å². The Morgan fingerprint density at radius 3 is 1.73 bits per heavy atom. The van der Waals surface area contributed by atoms with E-state index >= 15 is 0 Å². The number of hydrogen-bond acceptors (Lipinski definition) is 3. The van der Waals surface area contributed by atoms with Gasteiger partial charge in [-0.1, -0.05) is 170 Å². The first kappa shape index (κ1) is 35.7. The Morgan fingerprint density at radius 1 is 0.333 bits per heavy atom.